The first-order chi connectivity index (χ1) is 9.11. The number of nitrogens with one attached hydrogen (secondary N) is 2. The fourth-order valence-electron chi connectivity index (χ4n) is 1.42. The summed E-state index contributed by atoms with van der Waals surface area (Å²) in [5.74, 6) is 5.20. The Hall–Kier alpha value is -2.26. The highest BCUT2D eigenvalue weighted by Gasteiger charge is 2.22. The number of hydrogen-bond acceptors (Lipinski definition) is 7. The normalized spacial score (nSPS) is 10.0. The van der Waals surface area contributed by atoms with Crippen LogP contribution in [-0.4, -0.2) is 14.9 Å². The number of aromatic nitrogens is 2. The van der Waals surface area contributed by atoms with Gasteiger partial charge < -0.3 is 10.7 Å². The minimum absolute atomic E-state index is 0.0559. The van der Waals surface area contributed by atoms with E-state index >= 15 is 0 Å². The van der Waals surface area contributed by atoms with Gasteiger partial charge in [0, 0.05) is 10.2 Å². The van der Waals surface area contributed by atoms with Gasteiger partial charge in [-0.3, -0.25) is 10.1 Å². The maximum absolute atomic E-state index is 11.0. The topological polar surface area (TPSA) is 119 Å². The number of rotatable bonds is 4. The number of halogens is 1. The second-order valence-corrected chi connectivity index (χ2v) is 4.37. The fraction of sp³-hybridized carbons (Fsp3) is 0. The van der Waals surface area contributed by atoms with E-state index < -0.39 is 4.92 Å². The molecule has 2 aromatic rings. The van der Waals surface area contributed by atoms with Gasteiger partial charge in [0.05, 0.1) is 4.92 Å². The molecule has 0 aliphatic rings. The van der Waals surface area contributed by atoms with E-state index in [1.165, 1.54) is 6.33 Å². The molecule has 0 amide bonds. The summed E-state index contributed by atoms with van der Waals surface area (Å²) in [7, 11) is 0. The lowest BCUT2D eigenvalue weighted by molar-refractivity contribution is -0.383. The van der Waals surface area contributed by atoms with Crippen LogP contribution in [-0.2, 0) is 0 Å². The zero-order valence-electron chi connectivity index (χ0n) is 9.50. The van der Waals surface area contributed by atoms with Crippen molar-refractivity contribution in [2.75, 3.05) is 10.7 Å². The zero-order chi connectivity index (χ0) is 13.8. The third-order valence-corrected chi connectivity index (χ3v) is 2.78. The van der Waals surface area contributed by atoms with E-state index in [1.807, 2.05) is 0 Å². The van der Waals surface area contributed by atoms with E-state index in [1.54, 1.807) is 24.3 Å². The lowest BCUT2D eigenvalue weighted by Crippen LogP contribution is -2.12. The van der Waals surface area contributed by atoms with Gasteiger partial charge >= 0.3 is 5.69 Å². The molecule has 4 N–H and O–H groups in total. The predicted molar refractivity (Wildman–Crippen MR) is 73.9 cm³/mol. The number of nitro groups is 1. The second kappa shape index (κ2) is 5.59. The quantitative estimate of drug-likeness (QED) is 0.448. The maximum atomic E-state index is 11.0. The first-order valence-corrected chi connectivity index (χ1v) is 5.89. The average molecular weight is 325 g/mol. The number of hydrogen-bond donors (Lipinski definition) is 3. The lowest BCUT2D eigenvalue weighted by Gasteiger charge is -2.08. The number of nitrogen functional groups attached to an aromatic ring is 1. The fourth-order valence-corrected chi connectivity index (χ4v) is 1.68. The Kier molecular flexibility index (Phi) is 3.88. The average Bonchev–Trinajstić information content (AvgIpc) is 2.40. The van der Waals surface area contributed by atoms with Gasteiger partial charge in [0.15, 0.2) is 0 Å². The third kappa shape index (κ3) is 2.95. The summed E-state index contributed by atoms with van der Waals surface area (Å²) in [5, 5.41) is 13.9. The molecule has 19 heavy (non-hydrogen) atoms. The third-order valence-electron chi connectivity index (χ3n) is 2.25. The molecule has 0 aliphatic heterocycles. The van der Waals surface area contributed by atoms with Gasteiger partial charge in [-0.05, 0) is 24.3 Å². The van der Waals surface area contributed by atoms with Crippen LogP contribution in [0.5, 0.6) is 0 Å². The summed E-state index contributed by atoms with van der Waals surface area (Å²) < 4.78 is 0.902. The van der Waals surface area contributed by atoms with Gasteiger partial charge in [0.2, 0.25) is 11.6 Å². The van der Waals surface area contributed by atoms with Crippen LogP contribution < -0.4 is 16.6 Å². The molecule has 1 aromatic carbocycles. The first-order valence-electron chi connectivity index (χ1n) is 5.10. The zero-order valence-corrected chi connectivity index (χ0v) is 11.1. The van der Waals surface area contributed by atoms with Gasteiger partial charge in [-0.15, -0.1) is 0 Å². The van der Waals surface area contributed by atoms with Crippen LogP contribution in [0.1, 0.15) is 0 Å². The van der Waals surface area contributed by atoms with E-state index in [-0.39, 0.29) is 17.3 Å². The van der Waals surface area contributed by atoms with Crippen molar-refractivity contribution in [3.63, 3.8) is 0 Å². The number of hydrazine groups is 1. The minimum Gasteiger partial charge on any atom is -0.334 e. The summed E-state index contributed by atoms with van der Waals surface area (Å²) in [5.41, 5.74) is 2.52. The highest BCUT2D eigenvalue weighted by atomic mass is 79.9. The lowest BCUT2D eigenvalue weighted by atomic mass is 10.3. The van der Waals surface area contributed by atoms with E-state index in [0.717, 1.165) is 4.47 Å². The van der Waals surface area contributed by atoms with Crippen LogP contribution in [0.15, 0.2) is 35.1 Å². The molecule has 0 spiro atoms. The monoisotopic (exact) mass is 324 g/mol. The number of nitrogens with two attached hydrogens (primary N) is 1. The van der Waals surface area contributed by atoms with Crippen LogP contribution in [0.3, 0.4) is 0 Å². The Morgan fingerprint density at radius 2 is 1.84 bits per heavy atom. The minimum atomic E-state index is -0.601. The van der Waals surface area contributed by atoms with Crippen molar-refractivity contribution >= 4 is 38.9 Å². The Morgan fingerprint density at radius 1 is 1.21 bits per heavy atom. The summed E-state index contributed by atoms with van der Waals surface area (Å²) in [6.45, 7) is 0. The highest BCUT2D eigenvalue weighted by molar-refractivity contribution is 9.10. The van der Waals surface area contributed by atoms with Gasteiger partial charge in [-0.25, -0.2) is 15.8 Å². The Balaban J connectivity index is 2.39. The van der Waals surface area contributed by atoms with E-state index in [0.29, 0.717) is 5.69 Å². The molecule has 2 rings (SSSR count). The summed E-state index contributed by atoms with van der Waals surface area (Å²) in [6.07, 6.45) is 1.18. The Bertz CT molecular complexity index is 603. The molecule has 0 atom stereocenters. The second-order valence-electron chi connectivity index (χ2n) is 3.45. The molecular formula is C10H9BrN6O2. The molecule has 0 unspecified atom stereocenters. The molecule has 0 aliphatic carbocycles. The van der Waals surface area contributed by atoms with E-state index in [2.05, 4.69) is 36.6 Å². The molecule has 0 saturated carbocycles. The molecule has 98 valence electrons. The smallest absolute Gasteiger partial charge is 0.334 e. The van der Waals surface area contributed by atoms with Crippen molar-refractivity contribution in [1.82, 2.24) is 9.97 Å². The SMILES string of the molecule is NNc1ncnc(Nc2ccc(Br)cc2)c1[N+](=O)[O-]. The molecule has 0 saturated heterocycles. The first kappa shape index (κ1) is 13.2. The van der Waals surface area contributed by atoms with Crippen molar-refractivity contribution in [3.05, 3.63) is 45.2 Å². The van der Waals surface area contributed by atoms with Crippen molar-refractivity contribution in [2.24, 2.45) is 5.84 Å². The largest absolute Gasteiger partial charge is 0.354 e. The Labute approximate surface area is 116 Å². The highest BCUT2D eigenvalue weighted by Crippen LogP contribution is 2.30. The van der Waals surface area contributed by atoms with Crippen LogP contribution in [0.2, 0.25) is 0 Å². The van der Waals surface area contributed by atoms with E-state index in [4.69, 9.17) is 5.84 Å². The van der Waals surface area contributed by atoms with Crippen molar-refractivity contribution in [3.8, 4) is 0 Å². The van der Waals surface area contributed by atoms with E-state index in [9.17, 15) is 10.1 Å². The molecule has 9 heteroatoms. The van der Waals surface area contributed by atoms with Gasteiger partial charge in [0.1, 0.15) is 6.33 Å². The van der Waals surface area contributed by atoms with Crippen LogP contribution >= 0.6 is 15.9 Å². The van der Waals surface area contributed by atoms with Crippen molar-refractivity contribution in [1.29, 1.82) is 0 Å². The maximum Gasteiger partial charge on any atom is 0.354 e. The number of nitrogens with zero attached hydrogens (tertiary/aromatic N) is 3. The number of benzene rings is 1. The van der Waals surface area contributed by atoms with Crippen molar-refractivity contribution in [2.45, 2.75) is 0 Å². The molecule has 0 fully saturated rings. The summed E-state index contributed by atoms with van der Waals surface area (Å²) in [4.78, 5) is 18.0. The van der Waals surface area contributed by atoms with Crippen molar-refractivity contribution < 1.29 is 4.92 Å². The van der Waals surface area contributed by atoms with Crippen LogP contribution in [0, 0.1) is 10.1 Å². The molecule has 1 heterocycles. The van der Waals surface area contributed by atoms with Gasteiger partial charge in [-0.2, -0.15) is 0 Å². The van der Waals surface area contributed by atoms with Gasteiger partial charge in [0.25, 0.3) is 0 Å². The Morgan fingerprint density at radius 3 is 2.42 bits per heavy atom. The molecule has 0 radical (unpaired) electrons. The summed E-state index contributed by atoms with van der Waals surface area (Å²) >= 11 is 3.30. The molecule has 0 bridgehead atoms. The molecule has 1 aromatic heterocycles. The summed E-state index contributed by atoms with van der Waals surface area (Å²) in [6, 6.07) is 7.12. The molecule has 8 nitrogen and oxygen atoms in total. The van der Waals surface area contributed by atoms with Crippen LogP contribution in [0.4, 0.5) is 23.0 Å². The number of anilines is 3. The van der Waals surface area contributed by atoms with Gasteiger partial charge in [-0.1, -0.05) is 15.9 Å². The molecular weight excluding hydrogens is 316 g/mol. The van der Waals surface area contributed by atoms with Crippen LogP contribution in [0.25, 0.3) is 0 Å². The predicted octanol–water partition coefficient (Wildman–Crippen LogP) is 2.18. The standard InChI is InChI=1S/C10H9BrN6O2/c11-6-1-3-7(4-2-6)15-9-8(17(18)19)10(16-12)14-5-13-9/h1-5H,12H2,(H2,13,14,15,16).